The summed E-state index contributed by atoms with van der Waals surface area (Å²) in [6, 6.07) is 7.03. The number of alkyl halides is 2. The molecule has 4 heterocycles. The topological polar surface area (TPSA) is 106 Å². The molecule has 1 saturated heterocycles. The molecule has 204 valence electrons. The number of hydrogen-bond donors (Lipinski definition) is 1. The van der Waals surface area contributed by atoms with Crippen LogP contribution in [0, 0.1) is 5.92 Å². The lowest BCUT2D eigenvalue weighted by Gasteiger charge is -2.41. The molecule has 0 amide bonds. The van der Waals surface area contributed by atoms with E-state index in [2.05, 4.69) is 56.2 Å². The molecular formula is C27H29F2N7O2S. The van der Waals surface area contributed by atoms with Gasteiger partial charge in [0.2, 0.25) is 0 Å². The molecule has 1 saturated carbocycles. The molecule has 1 N–H and O–H groups in total. The van der Waals surface area contributed by atoms with Crippen molar-refractivity contribution in [1.82, 2.24) is 24.7 Å². The first-order chi connectivity index (χ1) is 18.5. The minimum absolute atomic E-state index is 0.133. The van der Waals surface area contributed by atoms with Gasteiger partial charge in [0, 0.05) is 61.3 Å². The van der Waals surface area contributed by atoms with E-state index in [0.29, 0.717) is 36.1 Å². The Labute approximate surface area is 225 Å². The first-order valence-corrected chi connectivity index (χ1v) is 14.9. The first-order valence-electron chi connectivity index (χ1n) is 12.8. The van der Waals surface area contributed by atoms with Crippen molar-refractivity contribution >= 4 is 37.9 Å². The minimum Gasteiger partial charge on any atom is -0.370 e. The zero-order valence-corrected chi connectivity index (χ0v) is 22.7. The summed E-state index contributed by atoms with van der Waals surface area (Å²) >= 11 is 0. The maximum Gasteiger partial charge on any atom is 0.272 e. The van der Waals surface area contributed by atoms with Crippen LogP contribution < -0.4 is 10.2 Å². The number of sulfone groups is 1. The van der Waals surface area contributed by atoms with Crippen LogP contribution in [-0.2, 0) is 9.84 Å². The van der Waals surface area contributed by atoms with Crippen LogP contribution in [0.3, 0.4) is 0 Å². The van der Waals surface area contributed by atoms with Crippen molar-refractivity contribution in [1.29, 1.82) is 0 Å². The molecule has 39 heavy (non-hydrogen) atoms. The Balaban J connectivity index is 1.25. The van der Waals surface area contributed by atoms with Crippen LogP contribution in [0.1, 0.15) is 37.8 Å². The van der Waals surface area contributed by atoms with Gasteiger partial charge in [-0.2, -0.15) is 5.10 Å². The van der Waals surface area contributed by atoms with Crippen molar-refractivity contribution in [3.8, 4) is 11.4 Å². The third kappa shape index (κ3) is 5.17. The number of nitrogens with zero attached hydrogens (tertiary/aromatic N) is 6. The Morgan fingerprint density at radius 1 is 1.10 bits per heavy atom. The van der Waals surface area contributed by atoms with Gasteiger partial charge in [-0.15, -0.1) is 0 Å². The minimum atomic E-state index is -3.00. The molecule has 12 heteroatoms. The molecule has 0 radical (unpaired) electrons. The lowest BCUT2D eigenvalue weighted by atomic mass is 9.93. The standard InChI is InChI=1S/C27H29F2N7O2S/c1-16(2)19-4-5-22(35-12-17(13-35)15-39(3,37)38)21-11-31-25(8-20(19)21)33-24-6-7-30-26(34-24)18-10-32-36(14-18)23-9-27(23,28)29/h4-8,10-11,14,16-17,23H,9,12-13,15H2,1-3H3,(H,30,31,33,34). The second-order valence-electron chi connectivity index (χ2n) is 10.9. The summed E-state index contributed by atoms with van der Waals surface area (Å²) in [4.78, 5) is 15.7. The Kier molecular flexibility index (Phi) is 6.05. The number of halogens is 2. The molecule has 4 aromatic rings. The second kappa shape index (κ2) is 9.22. The molecular weight excluding hydrogens is 524 g/mol. The third-order valence-corrected chi connectivity index (χ3v) is 8.33. The van der Waals surface area contributed by atoms with Crippen LogP contribution in [0.5, 0.6) is 0 Å². The molecule has 1 aliphatic carbocycles. The van der Waals surface area contributed by atoms with Gasteiger partial charge in [-0.05, 0) is 35.1 Å². The van der Waals surface area contributed by atoms with E-state index in [4.69, 9.17) is 0 Å². The average Bonchev–Trinajstić information content (AvgIpc) is 3.23. The van der Waals surface area contributed by atoms with Gasteiger partial charge in [0.25, 0.3) is 5.92 Å². The summed E-state index contributed by atoms with van der Waals surface area (Å²) in [7, 11) is -3.00. The molecule has 2 aliphatic rings. The van der Waals surface area contributed by atoms with Crippen molar-refractivity contribution in [2.45, 2.75) is 38.2 Å². The Bertz CT molecular complexity index is 1670. The van der Waals surface area contributed by atoms with E-state index >= 15 is 0 Å². The third-order valence-electron chi connectivity index (χ3n) is 7.25. The van der Waals surface area contributed by atoms with Crippen LogP contribution in [0.2, 0.25) is 0 Å². The number of fused-ring (bicyclic) bond motifs is 1. The van der Waals surface area contributed by atoms with Crippen LogP contribution in [0.25, 0.3) is 22.2 Å². The van der Waals surface area contributed by atoms with Crippen LogP contribution in [-0.4, -0.2) is 64.2 Å². The molecule has 6 rings (SSSR count). The van der Waals surface area contributed by atoms with Gasteiger partial charge in [0.05, 0.1) is 17.5 Å². The van der Waals surface area contributed by atoms with Gasteiger partial charge in [-0.25, -0.2) is 32.2 Å². The predicted molar refractivity (Wildman–Crippen MR) is 146 cm³/mol. The summed E-state index contributed by atoms with van der Waals surface area (Å²) in [6.45, 7) is 5.67. The molecule has 1 atom stereocenters. The quantitative estimate of drug-likeness (QED) is 0.331. The summed E-state index contributed by atoms with van der Waals surface area (Å²) in [5.74, 6) is -0.587. The van der Waals surface area contributed by atoms with Gasteiger partial charge in [0.1, 0.15) is 27.5 Å². The first kappa shape index (κ1) is 25.6. The van der Waals surface area contributed by atoms with Crippen LogP contribution in [0.15, 0.2) is 49.1 Å². The van der Waals surface area contributed by atoms with Crippen molar-refractivity contribution < 1.29 is 17.2 Å². The second-order valence-corrected chi connectivity index (χ2v) is 13.1. The number of rotatable bonds is 8. The van der Waals surface area contributed by atoms with Crippen molar-refractivity contribution in [2.75, 3.05) is 35.3 Å². The molecule has 1 aliphatic heterocycles. The molecule has 3 aromatic heterocycles. The van der Waals surface area contributed by atoms with E-state index in [-0.39, 0.29) is 24.0 Å². The fraction of sp³-hybridized carbons (Fsp3) is 0.407. The summed E-state index contributed by atoms with van der Waals surface area (Å²) < 4.78 is 51.5. The lowest BCUT2D eigenvalue weighted by Crippen LogP contribution is -2.49. The normalized spacial score (nSPS) is 18.9. The summed E-state index contributed by atoms with van der Waals surface area (Å²) in [5.41, 5.74) is 2.78. The lowest BCUT2D eigenvalue weighted by molar-refractivity contribution is 0.0983. The fourth-order valence-electron chi connectivity index (χ4n) is 5.20. The fourth-order valence-corrected chi connectivity index (χ4v) is 6.27. The van der Waals surface area contributed by atoms with Gasteiger partial charge >= 0.3 is 0 Å². The van der Waals surface area contributed by atoms with Crippen LogP contribution in [0.4, 0.5) is 26.1 Å². The summed E-state index contributed by atoms with van der Waals surface area (Å²) in [6.07, 6.45) is 7.56. The highest BCUT2D eigenvalue weighted by molar-refractivity contribution is 7.90. The highest BCUT2D eigenvalue weighted by Crippen LogP contribution is 2.52. The highest BCUT2D eigenvalue weighted by atomic mass is 32.2. The van der Waals surface area contributed by atoms with Crippen molar-refractivity contribution in [2.24, 2.45) is 5.92 Å². The zero-order valence-electron chi connectivity index (χ0n) is 21.8. The average molecular weight is 554 g/mol. The Morgan fingerprint density at radius 2 is 1.87 bits per heavy atom. The van der Waals surface area contributed by atoms with Crippen molar-refractivity contribution in [3.63, 3.8) is 0 Å². The number of anilines is 3. The molecule has 0 bridgehead atoms. The van der Waals surface area contributed by atoms with Crippen LogP contribution >= 0.6 is 0 Å². The van der Waals surface area contributed by atoms with E-state index in [9.17, 15) is 17.2 Å². The number of aromatic nitrogens is 5. The molecule has 1 aromatic carbocycles. The van der Waals surface area contributed by atoms with Gasteiger partial charge < -0.3 is 10.2 Å². The molecule has 0 spiro atoms. The maximum atomic E-state index is 13.4. The maximum absolute atomic E-state index is 13.4. The molecule has 9 nitrogen and oxygen atoms in total. The molecule has 2 fully saturated rings. The highest BCUT2D eigenvalue weighted by Gasteiger charge is 2.59. The number of hydrogen-bond acceptors (Lipinski definition) is 8. The van der Waals surface area contributed by atoms with Gasteiger partial charge in [0.15, 0.2) is 5.82 Å². The van der Waals surface area contributed by atoms with Gasteiger partial charge in [-0.3, -0.25) is 4.68 Å². The number of nitrogens with one attached hydrogen (secondary N) is 1. The zero-order chi connectivity index (χ0) is 27.5. The predicted octanol–water partition coefficient (Wildman–Crippen LogP) is 4.82. The monoisotopic (exact) mass is 553 g/mol. The smallest absolute Gasteiger partial charge is 0.272 e. The van der Waals surface area contributed by atoms with E-state index in [0.717, 1.165) is 16.5 Å². The van der Waals surface area contributed by atoms with E-state index in [1.54, 1.807) is 18.5 Å². The van der Waals surface area contributed by atoms with Crippen molar-refractivity contribution in [3.05, 3.63) is 54.6 Å². The molecule has 1 unspecified atom stereocenters. The Morgan fingerprint density at radius 3 is 2.56 bits per heavy atom. The van der Waals surface area contributed by atoms with E-state index < -0.39 is 21.8 Å². The van der Waals surface area contributed by atoms with Gasteiger partial charge in [-0.1, -0.05) is 19.9 Å². The number of benzene rings is 1. The SMILES string of the molecule is CC(C)c1ccc(N2CC(CS(C)(=O)=O)C2)c2cnc(Nc3ccnc(-c4cnn(C5CC5(F)F)c4)n3)cc12. The van der Waals surface area contributed by atoms with E-state index in [1.807, 2.05) is 12.3 Å². The Hall–Kier alpha value is -3.67. The summed E-state index contributed by atoms with van der Waals surface area (Å²) in [5, 5.41) is 9.39. The largest absolute Gasteiger partial charge is 0.370 e. The van der Waals surface area contributed by atoms with E-state index in [1.165, 1.54) is 22.7 Å². The number of pyridine rings is 1.